The molecule has 0 spiro atoms. The summed E-state index contributed by atoms with van der Waals surface area (Å²) >= 11 is 0. The second kappa shape index (κ2) is 5.79. The summed E-state index contributed by atoms with van der Waals surface area (Å²) in [4.78, 5) is 14.2. The third-order valence-electron chi connectivity index (χ3n) is 6.37. The first-order valence-corrected chi connectivity index (χ1v) is 8.67. The van der Waals surface area contributed by atoms with Crippen LogP contribution in [0.1, 0.15) is 51.4 Å². The number of hydrogen-bond acceptors (Lipinski definition) is 4. The van der Waals surface area contributed by atoms with Crippen LogP contribution in [0.25, 0.3) is 0 Å². The minimum Gasteiger partial charge on any atom is -0.390 e. The molecule has 0 aromatic heterocycles. The molecule has 0 aromatic rings. The molecule has 1 heterocycles. The van der Waals surface area contributed by atoms with Crippen LogP contribution < -0.4 is 5.32 Å². The second-order valence-electron chi connectivity index (χ2n) is 8.19. The Labute approximate surface area is 140 Å². The van der Waals surface area contributed by atoms with Gasteiger partial charge in [0.2, 0.25) is 5.91 Å². The molecule has 1 amide bonds. The molecule has 23 heavy (non-hydrogen) atoms. The zero-order valence-corrected chi connectivity index (χ0v) is 13.1. The Kier molecular flexibility index (Phi) is 4.22. The number of carbonyl (C=O) groups is 1. The molecule has 2 unspecified atom stereocenters. The summed E-state index contributed by atoms with van der Waals surface area (Å²) in [6.07, 6.45) is 7.87. The molecule has 5 rings (SSSR count). The van der Waals surface area contributed by atoms with Crippen molar-refractivity contribution in [1.82, 2.24) is 10.2 Å². The Bertz CT molecular complexity index is 518. The minimum absolute atomic E-state index is 0. The number of amides is 1. The average molecular weight is 318 g/mol. The van der Waals surface area contributed by atoms with Crippen LogP contribution in [-0.2, 0) is 4.79 Å². The fraction of sp³-hybridized carbons (Fsp3) is 0.882. The van der Waals surface area contributed by atoms with Crippen LogP contribution in [0.2, 0.25) is 0 Å². The molecule has 5 aliphatic rings. The Hall–Kier alpha value is -1.06. The summed E-state index contributed by atoms with van der Waals surface area (Å²) in [5.41, 5.74) is -0.542. The van der Waals surface area contributed by atoms with E-state index in [4.69, 9.17) is 5.26 Å². The topological polar surface area (TPSA) is 76.4 Å². The van der Waals surface area contributed by atoms with Gasteiger partial charge in [-0.05, 0) is 63.2 Å². The maximum atomic E-state index is 12.4. The zero-order valence-electron chi connectivity index (χ0n) is 13.1. The Morgan fingerprint density at radius 1 is 1.30 bits per heavy atom. The van der Waals surface area contributed by atoms with Gasteiger partial charge in [-0.2, -0.15) is 5.26 Å². The van der Waals surface area contributed by atoms with Gasteiger partial charge in [0.25, 0.3) is 0 Å². The summed E-state index contributed by atoms with van der Waals surface area (Å²) in [6, 6.07) is 1.99. The molecule has 4 saturated carbocycles. The Morgan fingerprint density at radius 3 is 2.61 bits per heavy atom. The average Bonchev–Trinajstić information content (AvgIpc) is 2.90. The summed E-state index contributed by atoms with van der Waals surface area (Å²) < 4.78 is 0. The van der Waals surface area contributed by atoms with E-state index in [-0.39, 0.29) is 25.9 Å². The largest absolute Gasteiger partial charge is 0.390 e. The van der Waals surface area contributed by atoms with Gasteiger partial charge >= 0.3 is 0 Å². The van der Waals surface area contributed by atoms with Crippen molar-refractivity contribution >= 4 is 14.3 Å². The summed E-state index contributed by atoms with van der Waals surface area (Å²) in [5, 5.41) is 23.4. The standard InChI is InChI=1S/C17H25N3O2.BH4/c18-9-14-2-1-3-20(14)15(21)10-19-16-5-12-4-13(6-16)8-17(22,7-12)11-16;/h12-14,19,22H,1-8,10-11H2;1H4/q;-1/t12?,13?,14-,16?,17?;/m0./s1. The van der Waals surface area contributed by atoms with E-state index < -0.39 is 5.60 Å². The van der Waals surface area contributed by atoms with E-state index in [0.717, 1.165) is 44.9 Å². The fourth-order valence-electron chi connectivity index (χ4n) is 5.99. The molecule has 128 valence electrons. The molecule has 5 nitrogen and oxygen atoms in total. The molecular weight excluding hydrogens is 289 g/mol. The van der Waals surface area contributed by atoms with Gasteiger partial charge in [-0.3, -0.25) is 4.79 Å². The first-order valence-electron chi connectivity index (χ1n) is 8.67. The van der Waals surface area contributed by atoms with Gasteiger partial charge in [0.05, 0.1) is 18.2 Å². The van der Waals surface area contributed by atoms with Crippen molar-refractivity contribution in [2.24, 2.45) is 11.8 Å². The maximum Gasteiger partial charge on any atom is 0.237 e. The Morgan fingerprint density at radius 2 is 2.00 bits per heavy atom. The van der Waals surface area contributed by atoms with Crippen molar-refractivity contribution in [1.29, 1.82) is 5.26 Å². The number of aliphatic hydroxyl groups is 1. The van der Waals surface area contributed by atoms with Gasteiger partial charge < -0.3 is 15.3 Å². The molecule has 1 aliphatic heterocycles. The van der Waals surface area contributed by atoms with Crippen molar-refractivity contribution in [3.63, 3.8) is 0 Å². The van der Waals surface area contributed by atoms with E-state index in [1.807, 2.05) is 0 Å². The van der Waals surface area contributed by atoms with E-state index in [2.05, 4.69) is 11.4 Å². The molecule has 4 bridgehead atoms. The summed E-state index contributed by atoms with van der Waals surface area (Å²) in [6.45, 7) is 1.02. The van der Waals surface area contributed by atoms with E-state index in [9.17, 15) is 9.90 Å². The van der Waals surface area contributed by atoms with Gasteiger partial charge in [0.1, 0.15) is 6.04 Å². The quantitative estimate of drug-likeness (QED) is 0.702. The number of carbonyl (C=O) groups excluding carboxylic acids is 1. The number of nitrogens with one attached hydrogen (secondary N) is 1. The lowest BCUT2D eigenvalue weighted by Crippen LogP contribution is -2.65. The van der Waals surface area contributed by atoms with E-state index in [0.29, 0.717) is 24.9 Å². The third-order valence-corrected chi connectivity index (χ3v) is 6.37. The highest BCUT2D eigenvalue weighted by atomic mass is 16.3. The molecule has 2 N–H and O–H groups in total. The molecule has 0 radical (unpaired) electrons. The van der Waals surface area contributed by atoms with E-state index in [1.54, 1.807) is 4.90 Å². The molecule has 4 aliphatic carbocycles. The summed E-state index contributed by atoms with van der Waals surface area (Å²) in [5.74, 6) is 1.28. The maximum absolute atomic E-state index is 12.4. The second-order valence-corrected chi connectivity index (χ2v) is 8.19. The lowest BCUT2D eigenvalue weighted by molar-refractivity contribution is -0.147. The third kappa shape index (κ3) is 2.90. The van der Waals surface area contributed by atoms with Crippen LogP contribution >= 0.6 is 0 Å². The number of likely N-dealkylation sites (tertiary alicyclic amines) is 1. The number of hydrogen-bond donors (Lipinski definition) is 2. The van der Waals surface area contributed by atoms with Crippen LogP contribution in [0.5, 0.6) is 0 Å². The van der Waals surface area contributed by atoms with Crippen LogP contribution in [-0.4, -0.2) is 54.6 Å². The van der Waals surface area contributed by atoms with Gasteiger partial charge in [0, 0.05) is 12.1 Å². The molecular formula is C17H29BN3O2-. The van der Waals surface area contributed by atoms with Gasteiger partial charge in [-0.25, -0.2) is 0 Å². The number of rotatable bonds is 3. The highest BCUT2D eigenvalue weighted by Gasteiger charge is 2.57. The summed E-state index contributed by atoms with van der Waals surface area (Å²) in [7, 11) is 0. The number of nitriles is 1. The zero-order chi connectivity index (χ0) is 15.4. The van der Waals surface area contributed by atoms with Crippen molar-refractivity contribution < 1.29 is 9.90 Å². The highest BCUT2D eigenvalue weighted by molar-refractivity contribution is 5.79. The molecule has 1 saturated heterocycles. The lowest BCUT2D eigenvalue weighted by Gasteiger charge is -2.60. The predicted octanol–water partition coefficient (Wildman–Crippen LogP) is -0.277. The smallest absolute Gasteiger partial charge is 0.237 e. The van der Waals surface area contributed by atoms with Crippen molar-refractivity contribution in [2.45, 2.75) is 68.5 Å². The van der Waals surface area contributed by atoms with Crippen LogP contribution in [0.3, 0.4) is 0 Å². The van der Waals surface area contributed by atoms with Gasteiger partial charge in [-0.15, -0.1) is 0 Å². The normalized spacial score (nSPS) is 44.0. The lowest BCUT2D eigenvalue weighted by atomic mass is 9.51. The van der Waals surface area contributed by atoms with Crippen LogP contribution in [0.15, 0.2) is 0 Å². The van der Waals surface area contributed by atoms with E-state index >= 15 is 0 Å². The first kappa shape index (κ1) is 16.8. The van der Waals surface area contributed by atoms with Crippen molar-refractivity contribution in [3.8, 4) is 6.07 Å². The molecule has 5 fully saturated rings. The van der Waals surface area contributed by atoms with Crippen molar-refractivity contribution in [2.75, 3.05) is 13.1 Å². The van der Waals surface area contributed by atoms with Gasteiger partial charge in [-0.1, -0.05) is 8.41 Å². The molecule has 0 aromatic carbocycles. The monoisotopic (exact) mass is 318 g/mol. The number of nitrogens with zero attached hydrogens (tertiary/aromatic N) is 2. The van der Waals surface area contributed by atoms with Crippen LogP contribution in [0, 0.1) is 23.2 Å². The fourth-order valence-corrected chi connectivity index (χ4v) is 5.99. The first-order chi connectivity index (χ1) is 10.5. The van der Waals surface area contributed by atoms with Gasteiger partial charge in [0.15, 0.2) is 0 Å². The van der Waals surface area contributed by atoms with Crippen LogP contribution in [0.4, 0.5) is 0 Å². The molecule has 6 heteroatoms. The van der Waals surface area contributed by atoms with E-state index in [1.165, 1.54) is 6.42 Å². The molecule has 3 atom stereocenters. The SMILES string of the molecule is N#C[C@@H]1CCCN1C(=O)CNC12CC3CC(CC(O)(C3)C1)C2.[BH4-]. The van der Waals surface area contributed by atoms with Crippen molar-refractivity contribution in [3.05, 3.63) is 0 Å². The highest BCUT2D eigenvalue weighted by Crippen LogP contribution is 2.57. The Balaban J connectivity index is 0.00000156. The predicted molar refractivity (Wildman–Crippen MR) is 92.0 cm³/mol. The minimum atomic E-state index is -0.497.